The van der Waals surface area contributed by atoms with E-state index in [1.807, 2.05) is 19.1 Å². The van der Waals surface area contributed by atoms with E-state index >= 15 is 0 Å². The topological polar surface area (TPSA) is 64.6 Å². The molecule has 1 unspecified atom stereocenters. The number of nitrogens with one attached hydrogen (secondary N) is 1. The average molecular weight is 348 g/mol. The Labute approximate surface area is 145 Å². The maximum atomic E-state index is 12.0. The van der Waals surface area contributed by atoms with Gasteiger partial charge in [-0.3, -0.25) is 4.79 Å². The number of carbonyl (C=O) groups is 2. The molecule has 0 aliphatic heterocycles. The molecule has 0 aliphatic rings. The number of halogens is 1. The first-order valence-corrected chi connectivity index (χ1v) is 7.74. The molecule has 2 aromatic carbocycles. The number of methoxy groups -OCH3 is 1. The third-order valence-electron chi connectivity index (χ3n) is 3.39. The summed E-state index contributed by atoms with van der Waals surface area (Å²) in [5.41, 5.74) is 1.14. The maximum absolute atomic E-state index is 12.0. The van der Waals surface area contributed by atoms with Crippen molar-refractivity contribution in [2.75, 3.05) is 13.7 Å². The number of esters is 1. The zero-order valence-corrected chi connectivity index (χ0v) is 14.2. The van der Waals surface area contributed by atoms with Crippen LogP contribution in [-0.4, -0.2) is 25.6 Å². The Kier molecular flexibility index (Phi) is 6.21. The predicted octanol–water partition coefficient (Wildman–Crippen LogP) is 3.38. The van der Waals surface area contributed by atoms with Crippen LogP contribution < -0.4 is 10.1 Å². The van der Waals surface area contributed by atoms with Crippen LogP contribution in [0, 0.1) is 0 Å². The van der Waals surface area contributed by atoms with Crippen LogP contribution in [0.15, 0.2) is 48.5 Å². The van der Waals surface area contributed by atoms with Crippen molar-refractivity contribution in [2.45, 2.75) is 13.0 Å². The van der Waals surface area contributed by atoms with Crippen molar-refractivity contribution in [3.63, 3.8) is 0 Å². The molecule has 1 atom stereocenters. The number of hydrogen-bond acceptors (Lipinski definition) is 4. The molecule has 24 heavy (non-hydrogen) atoms. The van der Waals surface area contributed by atoms with Gasteiger partial charge in [-0.2, -0.15) is 0 Å². The third-order valence-corrected chi connectivity index (χ3v) is 3.62. The lowest BCUT2D eigenvalue weighted by molar-refractivity contribution is -0.124. The Morgan fingerprint density at radius 1 is 1.17 bits per heavy atom. The fourth-order valence-corrected chi connectivity index (χ4v) is 2.36. The molecule has 0 radical (unpaired) electrons. The van der Waals surface area contributed by atoms with E-state index < -0.39 is 11.9 Å². The second-order valence-electron chi connectivity index (χ2n) is 5.12. The molecule has 0 saturated carbocycles. The highest BCUT2D eigenvalue weighted by Crippen LogP contribution is 2.19. The minimum absolute atomic E-state index is 0.249. The number of ether oxygens (including phenoxy) is 2. The van der Waals surface area contributed by atoms with Gasteiger partial charge in [-0.1, -0.05) is 35.9 Å². The molecule has 0 spiro atoms. The second-order valence-corrected chi connectivity index (χ2v) is 5.56. The van der Waals surface area contributed by atoms with Crippen LogP contribution >= 0.6 is 11.6 Å². The molecule has 1 amide bonds. The number of carbonyl (C=O) groups excluding carboxylic acids is 2. The van der Waals surface area contributed by atoms with E-state index in [1.165, 1.54) is 7.11 Å². The molecule has 0 aromatic heterocycles. The van der Waals surface area contributed by atoms with Crippen LogP contribution in [0.5, 0.6) is 5.75 Å². The molecular formula is C18H18ClNO4. The number of benzene rings is 2. The molecule has 0 saturated heterocycles. The van der Waals surface area contributed by atoms with Crippen molar-refractivity contribution in [1.82, 2.24) is 5.32 Å². The van der Waals surface area contributed by atoms with Crippen molar-refractivity contribution in [2.24, 2.45) is 0 Å². The van der Waals surface area contributed by atoms with Gasteiger partial charge in [0.05, 0.1) is 13.2 Å². The lowest BCUT2D eigenvalue weighted by Gasteiger charge is -2.15. The van der Waals surface area contributed by atoms with E-state index in [0.29, 0.717) is 10.8 Å². The van der Waals surface area contributed by atoms with Crippen molar-refractivity contribution in [3.8, 4) is 5.75 Å². The molecular weight excluding hydrogens is 330 g/mol. The Balaban J connectivity index is 1.90. The van der Waals surface area contributed by atoms with E-state index in [2.05, 4.69) is 5.32 Å². The van der Waals surface area contributed by atoms with Crippen LogP contribution in [0.25, 0.3) is 0 Å². The van der Waals surface area contributed by atoms with Crippen molar-refractivity contribution >= 4 is 23.5 Å². The van der Waals surface area contributed by atoms with Gasteiger partial charge in [0, 0.05) is 5.02 Å². The summed E-state index contributed by atoms with van der Waals surface area (Å²) in [6.07, 6.45) is 0. The quantitative estimate of drug-likeness (QED) is 0.813. The summed E-state index contributed by atoms with van der Waals surface area (Å²) >= 11 is 5.93. The number of hydrogen-bond donors (Lipinski definition) is 1. The van der Waals surface area contributed by atoms with Gasteiger partial charge < -0.3 is 14.8 Å². The minimum atomic E-state index is -0.613. The molecule has 2 aromatic rings. The molecule has 0 heterocycles. The monoisotopic (exact) mass is 347 g/mol. The average Bonchev–Trinajstić information content (AvgIpc) is 2.59. The number of rotatable bonds is 6. The van der Waals surface area contributed by atoms with Gasteiger partial charge in [0.2, 0.25) is 0 Å². The summed E-state index contributed by atoms with van der Waals surface area (Å²) in [7, 11) is 1.46. The maximum Gasteiger partial charge on any atom is 0.342 e. The summed E-state index contributed by atoms with van der Waals surface area (Å²) in [4.78, 5) is 24.0. The standard InChI is InChI=1S/C18H18ClNO4/c1-12(13-6-5-7-14(19)10-13)20-17(21)11-24-18(22)15-8-3-4-9-16(15)23-2/h3-10,12H,11H2,1-2H3,(H,20,21). The Bertz CT molecular complexity index is 732. The van der Waals surface area contributed by atoms with E-state index in [1.54, 1.807) is 36.4 Å². The SMILES string of the molecule is COc1ccccc1C(=O)OCC(=O)NC(C)c1cccc(Cl)c1. The molecule has 126 valence electrons. The molecule has 5 nitrogen and oxygen atoms in total. The van der Waals surface area contributed by atoms with Crippen LogP contribution in [0.1, 0.15) is 28.9 Å². The fourth-order valence-electron chi connectivity index (χ4n) is 2.16. The molecule has 0 fully saturated rings. The van der Waals surface area contributed by atoms with Crippen molar-refractivity contribution in [1.29, 1.82) is 0 Å². The first-order chi connectivity index (χ1) is 11.5. The van der Waals surface area contributed by atoms with Crippen LogP contribution in [-0.2, 0) is 9.53 Å². The van der Waals surface area contributed by atoms with Gasteiger partial charge in [0.15, 0.2) is 6.61 Å². The Morgan fingerprint density at radius 2 is 1.92 bits per heavy atom. The summed E-state index contributed by atoms with van der Waals surface area (Å²) in [5, 5.41) is 3.35. The smallest absolute Gasteiger partial charge is 0.342 e. The van der Waals surface area contributed by atoms with Gasteiger partial charge in [0.1, 0.15) is 11.3 Å². The van der Waals surface area contributed by atoms with Crippen LogP contribution in [0.2, 0.25) is 5.02 Å². The molecule has 1 N–H and O–H groups in total. The van der Waals surface area contributed by atoms with Crippen molar-refractivity contribution in [3.05, 3.63) is 64.7 Å². The second kappa shape index (κ2) is 8.36. The number of amides is 1. The molecule has 6 heteroatoms. The van der Waals surface area contributed by atoms with E-state index in [9.17, 15) is 9.59 Å². The highest BCUT2D eigenvalue weighted by molar-refractivity contribution is 6.30. The zero-order chi connectivity index (χ0) is 17.5. The first kappa shape index (κ1) is 17.8. The lowest BCUT2D eigenvalue weighted by atomic mass is 10.1. The predicted molar refractivity (Wildman–Crippen MR) is 91.3 cm³/mol. The number of para-hydroxylation sites is 1. The van der Waals surface area contributed by atoms with Gasteiger partial charge >= 0.3 is 5.97 Å². The molecule has 0 aliphatic carbocycles. The first-order valence-electron chi connectivity index (χ1n) is 7.36. The third kappa shape index (κ3) is 4.73. The Morgan fingerprint density at radius 3 is 2.62 bits per heavy atom. The van der Waals surface area contributed by atoms with Gasteiger partial charge in [-0.25, -0.2) is 4.79 Å². The van der Waals surface area contributed by atoms with E-state index in [0.717, 1.165) is 5.56 Å². The highest BCUT2D eigenvalue weighted by atomic mass is 35.5. The van der Waals surface area contributed by atoms with Gasteiger partial charge in [0.25, 0.3) is 5.91 Å². The summed E-state index contributed by atoms with van der Waals surface area (Å²) in [6, 6.07) is 13.6. The Hall–Kier alpha value is -2.53. The lowest BCUT2D eigenvalue weighted by Crippen LogP contribution is -2.31. The van der Waals surface area contributed by atoms with Gasteiger partial charge in [-0.15, -0.1) is 0 Å². The largest absolute Gasteiger partial charge is 0.496 e. The normalized spacial score (nSPS) is 11.5. The fraction of sp³-hybridized carbons (Fsp3) is 0.222. The summed E-state index contributed by atoms with van der Waals surface area (Å²) in [6.45, 7) is 1.45. The minimum Gasteiger partial charge on any atom is -0.496 e. The molecule has 2 rings (SSSR count). The summed E-state index contributed by atoms with van der Waals surface area (Å²) in [5.74, 6) is -0.612. The zero-order valence-electron chi connectivity index (χ0n) is 13.4. The molecule has 0 bridgehead atoms. The highest BCUT2D eigenvalue weighted by Gasteiger charge is 2.16. The summed E-state index contributed by atoms with van der Waals surface area (Å²) < 4.78 is 10.1. The van der Waals surface area contributed by atoms with Crippen LogP contribution in [0.3, 0.4) is 0 Å². The van der Waals surface area contributed by atoms with Gasteiger partial charge in [-0.05, 0) is 36.8 Å². The van der Waals surface area contributed by atoms with E-state index in [-0.39, 0.29) is 18.2 Å². The van der Waals surface area contributed by atoms with Crippen molar-refractivity contribution < 1.29 is 19.1 Å². The van der Waals surface area contributed by atoms with Crippen LogP contribution in [0.4, 0.5) is 0 Å². The van der Waals surface area contributed by atoms with E-state index in [4.69, 9.17) is 21.1 Å².